The third-order valence-corrected chi connectivity index (χ3v) is 9.25. The molecule has 41 heavy (non-hydrogen) atoms. The Labute approximate surface area is 258 Å². The van der Waals surface area contributed by atoms with E-state index in [4.69, 9.17) is 17.0 Å². The van der Waals surface area contributed by atoms with Gasteiger partial charge < -0.3 is 7.43 Å². The quantitative estimate of drug-likeness (QED) is 0.167. The Morgan fingerprint density at radius 2 is 0.878 bits per heavy atom. The minimum Gasteiger partial charge on any atom is -0.168 e. The third kappa shape index (κ3) is 8.34. The van der Waals surface area contributed by atoms with Crippen LogP contribution >= 0.6 is 17.0 Å². The summed E-state index contributed by atoms with van der Waals surface area (Å²) in [5.41, 5.74) is 6.35. The van der Waals surface area contributed by atoms with E-state index in [0.29, 0.717) is 0 Å². The van der Waals surface area contributed by atoms with E-state index in [1.165, 1.54) is 43.8 Å². The van der Waals surface area contributed by atoms with Crippen LogP contribution in [0.2, 0.25) is 0 Å². The van der Waals surface area contributed by atoms with Gasteiger partial charge in [0.2, 0.25) is 0 Å². The van der Waals surface area contributed by atoms with Crippen LogP contribution in [0.25, 0.3) is 43.8 Å². The zero-order valence-electron chi connectivity index (χ0n) is 22.9. The van der Waals surface area contributed by atoms with Crippen molar-refractivity contribution in [1.29, 1.82) is 0 Å². The molecule has 0 spiro atoms. The summed E-state index contributed by atoms with van der Waals surface area (Å²) < 4.78 is 1.98. The first-order valence-electron chi connectivity index (χ1n) is 13.2. The summed E-state index contributed by atoms with van der Waals surface area (Å²) in [6.45, 7) is 0. The van der Waals surface area contributed by atoms with Crippen LogP contribution in [0.4, 0.5) is 0 Å². The molecular formula is C38H31Cl2Zr-3. The van der Waals surface area contributed by atoms with E-state index in [0.717, 1.165) is 5.56 Å². The molecule has 0 nitrogen and oxygen atoms in total. The second-order valence-electron chi connectivity index (χ2n) is 9.25. The van der Waals surface area contributed by atoms with E-state index in [9.17, 15) is 0 Å². The maximum Gasteiger partial charge on any atom is -0.0279 e. The van der Waals surface area contributed by atoms with E-state index < -0.39 is 18.9 Å². The van der Waals surface area contributed by atoms with Crippen LogP contribution in [-0.4, -0.2) is 3.71 Å². The van der Waals surface area contributed by atoms with E-state index in [2.05, 4.69) is 133 Å². The van der Waals surface area contributed by atoms with Crippen molar-refractivity contribution in [1.82, 2.24) is 0 Å². The number of halogens is 2. The van der Waals surface area contributed by atoms with Crippen molar-refractivity contribution < 1.29 is 18.9 Å². The molecule has 7 aromatic rings. The van der Waals surface area contributed by atoms with Crippen molar-refractivity contribution in [2.75, 3.05) is 0 Å². The van der Waals surface area contributed by atoms with Gasteiger partial charge in [-0.3, -0.25) is 0 Å². The fourth-order valence-corrected chi connectivity index (χ4v) is 7.32. The van der Waals surface area contributed by atoms with Crippen molar-refractivity contribution in [3.05, 3.63) is 177 Å². The van der Waals surface area contributed by atoms with Crippen LogP contribution in [0.15, 0.2) is 164 Å². The van der Waals surface area contributed by atoms with Crippen molar-refractivity contribution in [2.45, 2.75) is 0 Å². The molecule has 3 heteroatoms. The van der Waals surface area contributed by atoms with Crippen molar-refractivity contribution in [2.24, 2.45) is 0 Å². The number of fused-ring (bicyclic) bond motifs is 2. The van der Waals surface area contributed by atoms with Gasteiger partial charge in [0.1, 0.15) is 0 Å². The summed E-state index contributed by atoms with van der Waals surface area (Å²) in [4.78, 5) is 0. The minimum atomic E-state index is -2.06. The monoisotopic (exact) mass is 647 g/mol. The molecule has 0 atom stereocenters. The summed E-state index contributed by atoms with van der Waals surface area (Å²) in [5, 5.41) is 5.31. The van der Waals surface area contributed by atoms with E-state index in [1.54, 1.807) is 0 Å². The number of rotatable bonds is 3. The molecule has 0 saturated heterocycles. The molecule has 7 aromatic carbocycles. The molecule has 7 rings (SSSR count). The first-order chi connectivity index (χ1) is 19.7. The van der Waals surface area contributed by atoms with Gasteiger partial charge in [0, 0.05) is 0 Å². The van der Waals surface area contributed by atoms with Gasteiger partial charge in [0.05, 0.1) is 0 Å². The zero-order valence-corrected chi connectivity index (χ0v) is 26.9. The average molecular weight is 650 g/mol. The minimum absolute atomic E-state index is 0. The smallest absolute Gasteiger partial charge is 0.0279 e. The number of benzene rings is 5. The molecular weight excluding hydrogens is 619 g/mol. The standard InChI is InChI=1S/2C15H11.C7H6.CH3.2ClH.Zr/c2*1-2-6-12(7-3-1)14-10-4-8-13-9-5-11-15(13)14;1-7-5-3-2-4-6-7;;;;/h2*1-11H;1-6H;1H3;2*1H;/q2*-1;;-1;;;+2/p-2. The molecule has 0 aromatic heterocycles. The molecule has 0 unspecified atom stereocenters. The average Bonchev–Trinajstić information content (AvgIpc) is 3.69. The van der Waals surface area contributed by atoms with Gasteiger partial charge in [-0.2, -0.15) is 24.3 Å². The Bertz CT molecular complexity index is 1680. The van der Waals surface area contributed by atoms with Crippen LogP contribution in [0.1, 0.15) is 5.56 Å². The summed E-state index contributed by atoms with van der Waals surface area (Å²) >= 11 is -2.06. The second kappa shape index (κ2) is 15.6. The fraction of sp³-hybridized carbons (Fsp3) is 0. The topological polar surface area (TPSA) is 0 Å². The maximum absolute atomic E-state index is 5.72. The normalized spacial score (nSPS) is 10.0. The largest absolute Gasteiger partial charge is 0.168 e. The van der Waals surface area contributed by atoms with Crippen molar-refractivity contribution >= 4 is 42.3 Å². The van der Waals surface area contributed by atoms with E-state index in [-0.39, 0.29) is 7.43 Å². The van der Waals surface area contributed by atoms with Crippen LogP contribution in [-0.2, 0) is 18.9 Å². The van der Waals surface area contributed by atoms with Gasteiger partial charge >= 0.3 is 75.5 Å². The Kier molecular flexibility index (Phi) is 11.6. The number of hydrogen-bond donors (Lipinski definition) is 0. The molecule has 204 valence electrons. The van der Waals surface area contributed by atoms with Crippen LogP contribution in [0.3, 0.4) is 0 Å². The Morgan fingerprint density at radius 3 is 1.29 bits per heavy atom. The van der Waals surface area contributed by atoms with Gasteiger partial charge in [0.25, 0.3) is 0 Å². The maximum atomic E-state index is 5.72. The van der Waals surface area contributed by atoms with Gasteiger partial charge in [0.15, 0.2) is 0 Å². The van der Waals surface area contributed by atoms with Crippen LogP contribution < -0.4 is 0 Å². The molecule has 0 saturated carbocycles. The molecule has 0 amide bonds. The third-order valence-electron chi connectivity index (χ3n) is 6.60. The molecule has 0 aliphatic rings. The molecule has 0 aliphatic carbocycles. The van der Waals surface area contributed by atoms with Crippen molar-refractivity contribution in [3.63, 3.8) is 0 Å². The van der Waals surface area contributed by atoms with Gasteiger partial charge in [-0.25, -0.2) is 0 Å². The Balaban J connectivity index is 0.000000143. The molecule has 0 aliphatic heterocycles. The van der Waals surface area contributed by atoms with Gasteiger partial charge in [-0.05, 0) is 11.1 Å². The fourth-order valence-electron chi connectivity index (χ4n) is 4.74. The van der Waals surface area contributed by atoms with Crippen LogP contribution in [0.5, 0.6) is 0 Å². The molecule has 0 fully saturated rings. The summed E-state index contributed by atoms with van der Waals surface area (Å²) in [7, 11) is 11.4. The summed E-state index contributed by atoms with van der Waals surface area (Å²) in [5.74, 6) is 0. The molecule has 0 N–H and O–H groups in total. The Hall–Kier alpha value is -3.35. The van der Waals surface area contributed by atoms with E-state index in [1.807, 2.05) is 34.0 Å². The molecule has 0 heterocycles. The summed E-state index contributed by atoms with van der Waals surface area (Å²) in [6, 6.07) is 56.8. The van der Waals surface area contributed by atoms with Crippen LogP contribution in [0, 0.1) is 7.43 Å². The van der Waals surface area contributed by atoms with E-state index >= 15 is 0 Å². The predicted octanol–water partition coefficient (Wildman–Crippen LogP) is 11.7. The van der Waals surface area contributed by atoms with Crippen molar-refractivity contribution in [3.8, 4) is 22.3 Å². The first kappa shape index (κ1) is 30.6. The first-order valence-corrected chi connectivity index (χ1v) is 20.9. The molecule has 0 bridgehead atoms. The van der Waals surface area contributed by atoms with Gasteiger partial charge in [-0.15, -0.1) is 57.9 Å². The predicted molar refractivity (Wildman–Crippen MR) is 180 cm³/mol. The SMILES string of the molecule is [CH3-].[Cl][Zr]([Cl])=[CH]c1ccccc1.c1ccc(-c2cccc3[cH-]ccc23)cc1.c1ccc(-c2cccc3[cH-]ccc23)cc1. The molecule has 0 radical (unpaired) electrons. The Morgan fingerprint density at radius 1 is 0.463 bits per heavy atom. The zero-order chi connectivity index (χ0) is 27.6. The summed E-state index contributed by atoms with van der Waals surface area (Å²) in [6.07, 6.45) is 0. The van der Waals surface area contributed by atoms with Gasteiger partial charge in [-0.1, -0.05) is 83.9 Å². The second-order valence-corrected chi connectivity index (χ2v) is 17.3. The number of hydrogen-bond acceptors (Lipinski definition) is 0.